The fourth-order valence-electron chi connectivity index (χ4n) is 5.17. The van der Waals surface area contributed by atoms with Crippen LogP contribution in [0.5, 0.6) is 5.75 Å². The van der Waals surface area contributed by atoms with Crippen LogP contribution in [-0.2, 0) is 10.6 Å². The number of thioether (sulfide) groups is 1. The molecule has 0 radical (unpaired) electrons. The van der Waals surface area contributed by atoms with E-state index in [-0.39, 0.29) is 5.25 Å². The molecule has 0 saturated carbocycles. The first-order valence-corrected chi connectivity index (χ1v) is 13.6. The molecule has 2 aliphatic rings. The number of hydrogen-bond acceptors (Lipinski definition) is 7. The molecule has 0 N–H and O–H groups in total. The van der Waals surface area contributed by atoms with Crippen LogP contribution < -0.4 is 9.64 Å². The quantitative estimate of drug-likeness (QED) is 0.256. The Balaban J connectivity index is 1.42. The predicted molar refractivity (Wildman–Crippen MR) is 152 cm³/mol. The summed E-state index contributed by atoms with van der Waals surface area (Å²) in [5.74, 6) is 1.50. The Morgan fingerprint density at radius 2 is 1.59 bits per heavy atom. The molecular formula is C31H25N5O2S. The minimum Gasteiger partial charge on any atom is -0.497 e. The van der Waals surface area contributed by atoms with Crippen molar-refractivity contribution in [1.29, 1.82) is 0 Å². The second-order valence-corrected chi connectivity index (χ2v) is 10.6. The van der Waals surface area contributed by atoms with E-state index in [4.69, 9.17) is 19.8 Å². The third kappa shape index (κ3) is 4.04. The lowest BCUT2D eigenvalue weighted by Gasteiger charge is -2.35. The van der Waals surface area contributed by atoms with E-state index in [9.17, 15) is 0 Å². The van der Waals surface area contributed by atoms with E-state index >= 15 is 0 Å². The van der Waals surface area contributed by atoms with Gasteiger partial charge in [-0.1, -0.05) is 65.8 Å². The van der Waals surface area contributed by atoms with Crippen LogP contribution in [0.4, 0.5) is 5.69 Å². The zero-order chi connectivity index (χ0) is 26.2. The highest BCUT2D eigenvalue weighted by molar-refractivity contribution is 7.99. The molecule has 2 unspecified atom stereocenters. The largest absolute Gasteiger partial charge is 0.497 e. The minimum absolute atomic E-state index is 0.0876. The minimum atomic E-state index is -1.01. The Hall–Kier alpha value is -4.56. The molecule has 0 fully saturated rings. The molecule has 39 heavy (non-hydrogen) atoms. The summed E-state index contributed by atoms with van der Waals surface area (Å²) in [6.07, 6.45) is 2.40. The number of ether oxygens (including phenoxy) is 1. The standard InChI is InChI=1S/C31H25N5O2S/c1-37-25-18-16-23(17-19-25)30-34-38-31(29-21-32-36(33-29)24-12-6-3-7-13-24)20-28(22-10-4-2-5-11-22)39-27-15-9-8-14-26(27)35(30)31/h2-19,21,28H,20H2,1H3. The van der Waals surface area contributed by atoms with E-state index in [0.717, 1.165) is 27.6 Å². The Labute approximate surface area is 230 Å². The first kappa shape index (κ1) is 23.5. The summed E-state index contributed by atoms with van der Waals surface area (Å²) in [7, 11) is 1.66. The molecule has 4 aromatic carbocycles. The van der Waals surface area contributed by atoms with Gasteiger partial charge in [-0.15, -0.1) is 16.9 Å². The number of amidine groups is 1. The Bertz CT molecular complexity index is 1640. The van der Waals surface area contributed by atoms with Gasteiger partial charge >= 0.3 is 0 Å². The molecular weight excluding hydrogens is 506 g/mol. The molecule has 0 saturated heterocycles. The highest BCUT2D eigenvalue weighted by Crippen LogP contribution is 2.55. The third-order valence-corrected chi connectivity index (χ3v) is 8.41. The molecule has 3 heterocycles. The summed E-state index contributed by atoms with van der Waals surface area (Å²) in [4.78, 5) is 11.5. The van der Waals surface area contributed by atoms with Gasteiger partial charge in [0.2, 0.25) is 0 Å². The third-order valence-electron chi connectivity index (χ3n) is 7.09. The SMILES string of the molecule is COc1ccc(C2=NOC3(c4cnn(-c5ccccc5)n4)CC(c4ccccc4)Sc4ccccc4N23)cc1. The van der Waals surface area contributed by atoms with Crippen molar-refractivity contribution in [2.24, 2.45) is 5.16 Å². The molecule has 0 spiro atoms. The van der Waals surface area contributed by atoms with Crippen molar-refractivity contribution in [2.75, 3.05) is 12.0 Å². The fourth-order valence-corrected chi connectivity index (χ4v) is 6.51. The number of para-hydroxylation sites is 2. The average molecular weight is 532 g/mol. The van der Waals surface area contributed by atoms with Gasteiger partial charge in [0, 0.05) is 22.1 Å². The van der Waals surface area contributed by atoms with Gasteiger partial charge in [0.25, 0.3) is 5.72 Å². The number of fused-ring (bicyclic) bond motifs is 3. The van der Waals surface area contributed by atoms with Crippen molar-refractivity contribution in [1.82, 2.24) is 15.0 Å². The molecule has 0 amide bonds. The van der Waals surface area contributed by atoms with Gasteiger partial charge in [-0.2, -0.15) is 9.90 Å². The highest BCUT2D eigenvalue weighted by atomic mass is 32.2. The second-order valence-electron chi connectivity index (χ2n) is 9.40. The topological polar surface area (TPSA) is 64.8 Å². The zero-order valence-corrected chi connectivity index (χ0v) is 22.0. The van der Waals surface area contributed by atoms with Gasteiger partial charge in [-0.3, -0.25) is 4.90 Å². The molecule has 0 aliphatic carbocycles. The molecule has 7 nitrogen and oxygen atoms in total. The monoisotopic (exact) mass is 531 g/mol. The van der Waals surface area contributed by atoms with Gasteiger partial charge in [-0.25, -0.2) is 0 Å². The van der Waals surface area contributed by atoms with Gasteiger partial charge in [-0.05, 0) is 54.1 Å². The van der Waals surface area contributed by atoms with Crippen molar-refractivity contribution in [3.8, 4) is 11.4 Å². The van der Waals surface area contributed by atoms with Crippen LogP contribution in [0.25, 0.3) is 5.69 Å². The maximum Gasteiger partial charge on any atom is 0.263 e. The number of methoxy groups -OCH3 is 1. The first-order chi connectivity index (χ1) is 19.2. The molecule has 0 bridgehead atoms. The lowest BCUT2D eigenvalue weighted by Crippen LogP contribution is -2.47. The van der Waals surface area contributed by atoms with Crippen LogP contribution in [0, 0.1) is 0 Å². The lowest BCUT2D eigenvalue weighted by atomic mass is 9.96. The van der Waals surface area contributed by atoms with Crippen molar-refractivity contribution in [3.05, 3.63) is 132 Å². The number of rotatable bonds is 5. The molecule has 5 aromatic rings. The van der Waals surface area contributed by atoms with Crippen LogP contribution in [0.2, 0.25) is 0 Å². The van der Waals surface area contributed by atoms with E-state index in [1.54, 1.807) is 18.1 Å². The fraction of sp³-hybridized carbons (Fsp3) is 0.129. The number of nitrogens with zero attached hydrogens (tertiary/aromatic N) is 5. The van der Waals surface area contributed by atoms with Crippen molar-refractivity contribution in [2.45, 2.75) is 22.3 Å². The van der Waals surface area contributed by atoms with Crippen LogP contribution in [0.1, 0.15) is 28.5 Å². The summed E-state index contributed by atoms with van der Waals surface area (Å²) >= 11 is 1.84. The Kier molecular flexibility index (Phi) is 5.82. The van der Waals surface area contributed by atoms with Gasteiger partial charge in [0.1, 0.15) is 5.75 Å². The number of anilines is 1. The van der Waals surface area contributed by atoms with Gasteiger partial charge < -0.3 is 9.57 Å². The van der Waals surface area contributed by atoms with E-state index in [1.807, 2.05) is 72.4 Å². The van der Waals surface area contributed by atoms with Gasteiger partial charge in [0.05, 0.1) is 24.7 Å². The molecule has 2 atom stereocenters. The predicted octanol–water partition coefficient (Wildman–Crippen LogP) is 6.56. The van der Waals surface area contributed by atoms with Crippen molar-refractivity contribution in [3.63, 3.8) is 0 Å². The summed E-state index contributed by atoms with van der Waals surface area (Å²) < 4.78 is 5.40. The van der Waals surface area contributed by atoms with E-state index in [1.165, 1.54) is 5.56 Å². The molecule has 7 rings (SSSR count). The molecule has 1 aromatic heterocycles. The normalized spacial score (nSPS) is 19.9. The Morgan fingerprint density at radius 1 is 0.872 bits per heavy atom. The highest BCUT2D eigenvalue weighted by Gasteiger charge is 2.55. The van der Waals surface area contributed by atoms with E-state index in [2.05, 4.69) is 58.5 Å². The number of aromatic nitrogens is 3. The number of benzene rings is 4. The van der Waals surface area contributed by atoms with Crippen molar-refractivity contribution < 1.29 is 9.57 Å². The summed E-state index contributed by atoms with van der Waals surface area (Å²) in [6.45, 7) is 0. The molecule has 8 heteroatoms. The lowest BCUT2D eigenvalue weighted by molar-refractivity contribution is -0.0318. The second kappa shape index (κ2) is 9.63. The summed E-state index contributed by atoms with van der Waals surface area (Å²) in [5.41, 5.74) is 3.72. The number of hydrogen-bond donors (Lipinski definition) is 0. The zero-order valence-electron chi connectivity index (χ0n) is 21.2. The van der Waals surface area contributed by atoms with Gasteiger partial charge in [0.15, 0.2) is 11.5 Å². The van der Waals surface area contributed by atoms with E-state index < -0.39 is 5.72 Å². The van der Waals surface area contributed by atoms with Crippen LogP contribution in [0.15, 0.2) is 125 Å². The first-order valence-electron chi connectivity index (χ1n) is 12.7. The maximum atomic E-state index is 6.55. The van der Waals surface area contributed by atoms with Crippen LogP contribution >= 0.6 is 11.8 Å². The summed E-state index contributed by atoms with van der Waals surface area (Å²) in [6, 6.07) is 36.8. The van der Waals surface area contributed by atoms with Crippen LogP contribution in [0.3, 0.4) is 0 Å². The smallest absolute Gasteiger partial charge is 0.263 e. The Morgan fingerprint density at radius 3 is 2.36 bits per heavy atom. The molecule has 192 valence electrons. The summed E-state index contributed by atoms with van der Waals surface area (Å²) in [5, 5.41) is 14.4. The average Bonchev–Trinajstić information content (AvgIpc) is 3.62. The maximum absolute atomic E-state index is 6.55. The number of oxime groups is 1. The molecule has 2 aliphatic heterocycles. The van der Waals surface area contributed by atoms with E-state index in [0.29, 0.717) is 18.0 Å². The van der Waals surface area contributed by atoms with Crippen LogP contribution in [-0.4, -0.2) is 27.9 Å². The van der Waals surface area contributed by atoms with Crippen molar-refractivity contribution >= 4 is 23.3 Å².